The van der Waals surface area contributed by atoms with Crippen molar-refractivity contribution in [2.24, 2.45) is 0 Å². The Kier molecular flexibility index (Phi) is 11.5. The van der Waals surface area contributed by atoms with E-state index in [9.17, 15) is 29.3 Å². The summed E-state index contributed by atoms with van der Waals surface area (Å²) in [5, 5.41) is 11.9. The number of carbonyl (C=O) groups excluding carboxylic acids is 4. The highest BCUT2D eigenvalue weighted by Crippen LogP contribution is 2.50. The predicted molar refractivity (Wildman–Crippen MR) is 204 cm³/mol. The lowest BCUT2D eigenvalue weighted by Gasteiger charge is -2.47. The van der Waals surface area contributed by atoms with Crippen molar-refractivity contribution in [3.63, 3.8) is 0 Å². The SMILES string of the molecule is CC(=O)SC1C(OC(=O)COc2ccccc2)C(=O)N1C(C(=O)OCc1ccc([N+](=O)[O-])cc1)=P(c1ccccc1)(c1ccccc1)c1ccccc1. The number of ether oxygens (including phenoxy) is 3. The Morgan fingerprint density at radius 2 is 1.25 bits per heavy atom. The lowest BCUT2D eigenvalue weighted by atomic mass is 10.1. The van der Waals surface area contributed by atoms with Crippen LogP contribution in [0.15, 0.2) is 146 Å². The second kappa shape index (κ2) is 16.6. The van der Waals surface area contributed by atoms with Gasteiger partial charge < -0.3 is 14.2 Å². The molecule has 268 valence electrons. The number of nitrogens with zero attached hydrogens (tertiary/aromatic N) is 2. The van der Waals surface area contributed by atoms with E-state index in [4.69, 9.17) is 14.2 Å². The molecule has 1 aliphatic heterocycles. The molecule has 2 unspecified atom stereocenters. The van der Waals surface area contributed by atoms with E-state index in [0.29, 0.717) is 11.3 Å². The van der Waals surface area contributed by atoms with Crippen LogP contribution in [-0.2, 0) is 35.3 Å². The third-order valence-electron chi connectivity index (χ3n) is 8.32. The fourth-order valence-electron chi connectivity index (χ4n) is 5.98. The fourth-order valence-corrected chi connectivity index (χ4v) is 11.4. The quantitative estimate of drug-likeness (QED) is 0.0519. The monoisotopic (exact) mass is 748 g/mol. The topological polar surface area (TPSA) is 142 Å². The molecule has 0 N–H and O–H groups in total. The van der Waals surface area contributed by atoms with Crippen molar-refractivity contribution >= 4 is 68.6 Å². The van der Waals surface area contributed by atoms with Gasteiger partial charge in [0.25, 0.3) is 11.6 Å². The number of rotatable bonds is 13. The third kappa shape index (κ3) is 7.94. The van der Waals surface area contributed by atoms with Crippen molar-refractivity contribution in [1.82, 2.24) is 4.90 Å². The van der Waals surface area contributed by atoms with Crippen molar-refractivity contribution in [3.05, 3.63) is 161 Å². The molecule has 0 aliphatic carbocycles. The molecule has 5 aromatic rings. The second-order valence-corrected chi connectivity index (χ2v) is 16.3. The summed E-state index contributed by atoms with van der Waals surface area (Å²) in [6.45, 7) is -2.79. The molecule has 5 aromatic carbocycles. The number of para-hydroxylation sites is 1. The van der Waals surface area contributed by atoms with Gasteiger partial charge in [0, 0.05) is 25.9 Å². The minimum Gasteiger partial charge on any atom is -0.482 e. The smallest absolute Gasteiger partial charge is 0.356 e. The molecular weight excluding hydrogens is 715 g/mol. The molecule has 0 radical (unpaired) electrons. The fraction of sp³-hybridized carbons (Fsp3) is 0.125. The molecule has 0 aromatic heterocycles. The molecule has 1 amide bonds. The van der Waals surface area contributed by atoms with E-state index < -0.39 is 47.7 Å². The lowest BCUT2D eigenvalue weighted by molar-refractivity contribution is -0.384. The zero-order chi connectivity index (χ0) is 37.4. The Balaban J connectivity index is 1.52. The summed E-state index contributed by atoms with van der Waals surface area (Å²) in [6.07, 6.45) is -1.42. The Hall–Kier alpha value is -5.97. The van der Waals surface area contributed by atoms with Crippen LogP contribution in [0.2, 0.25) is 0 Å². The second-order valence-electron chi connectivity index (χ2n) is 11.7. The first-order chi connectivity index (χ1) is 25.7. The van der Waals surface area contributed by atoms with Crippen molar-refractivity contribution in [3.8, 4) is 5.75 Å². The zero-order valence-electron chi connectivity index (χ0n) is 28.3. The molecule has 0 bridgehead atoms. The maximum absolute atomic E-state index is 14.9. The largest absolute Gasteiger partial charge is 0.482 e. The predicted octanol–water partition coefficient (Wildman–Crippen LogP) is 5.20. The van der Waals surface area contributed by atoms with Gasteiger partial charge in [-0.2, -0.15) is 0 Å². The first-order valence-corrected chi connectivity index (χ1v) is 19.1. The molecule has 0 spiro atoms. The number of likely N-dealkylation sites (tertiary alicyclic amines) is 1. The van der Waals surface area contributed by atoms with Gasteiger partial charge >= 0.3 is 11.9 Å². The molecule has 1 heterocycles. The van der Waals surface area contributed by atoms with Gasteiger partial charge in [-0.1, -0.05) is 121 Å². The molecule has 11 nitrogen and oxygen atoms in total. The van der Waals surface area contributed by atoms with Gasteiger partial charge in [0.1, 0.15) is 23.1 Å². The normalized spacial score (nSPS) is 15.1. The molecule has 6 rings (SSSR count). The van der Waals surface area contributed by atoms with E-state index in [1.165, 1.54) is 36.1 Å². The number of esters is 2. The number of β-lactam (4-membered cyclic amide) rings is 1. The molecule has 13 heteroatoms. The number of hydrogen-bond donors (Lipinski definition) is 0. The molecule has 1 aliphatic rings. The number of benzene rings is 5. The van der Waals surface area contributed by atoms with Gasteiger partial charge in [0.15, 0.2) is 11.7 Å². The van der Waals surface area contributed by atoms with Crippen LogP contribution in [0.3, 0.4) is 0 Å². The Morgan fingerprint density at radius 1 is 0.755 bits per heavy atom. The molecule has 2 atom stereocenters. The summed E-state index contributed by atoms with van der Waals surface area (Å²) in [7, 11) is 0. The lowest BCUT2D eigenvalue weighted by Crippen LogP contribution is -2.69. The van der Waals surface area contributed by atoms with Crippen LogP contribution < -0.4 is 20.7 Å². The van der Waals surface area contributed by atoms with E-state index in [0.717, 1.165) is 27.7 Å². The number of amides is 1. The van der Waals surface area contributed by atoms with Gasteiger partial charge in [-0.3, -0.25) is 24.6 Å². The van der Waals surface area contributed by atoms with E-state index in [1.807, 2.05) is 91.0 Å². The van der Waals surface area contributed by atoms with Crippen molar-refractivity contribution in [2.75, 3.05) is 6.61 Å². The van der Waals surface area contributed by atoms with Crippen LogP contribution in [0.4, 0.5) is 5.69 Å². The van der Waals surface area contributed by atoms with Crippen LogP contribution in [0.25, 0.3) is 0 Å². The van der Waals surface area contributed by atoms with Gasteiger partial charge in [-0.25, -0.2) is 9.59 Å². The van der Waals surface area contributed by atoms with Crippen LogP contribution in [0.5, 0.6) is 5.75 Å². The number of carbonyl (C=O) groups is 4. The third-order valence-corrected chi connectivity index (χ3v) is 13.6. The van der Waals surface area contributed by atoms with E-state index in [2.05, 4.69) is 0 Å². The first-order valence-electron chi connectivity index (χ1n) is 16.4. The highest BCUT2D eigenvalue weighted by atomic mass is 32.2. The maximum Gasteiger partial charge on any atom is 0.356 e. The Morgan fingerprint density at radius 3 is 1.72 bits per heavy atom. The van der Waals surface area contributed by atoms with Gasteiger partial charge in [0.2, 0.25) is 6.10 Å². The van der Waals surface area contributed by atoms with E-state index in [1.54, 1.807) is 30.3 Å². The zero-order valence-corrected chi connectivity index (χ0v) is 30.1. The number of non-ortho nitro benzene ring substituents is 1. The highest BCUT2D eigenvalue weighted by Gasteiger charge is 2.57. The van der Waals surface area contributed by atoms with Crippen LogP contribution in [-0.4, -0.2) is 56.3 Å². The standard InChI is InChI=1S/C40H33N2O9PS/c1-28(43)53-39-36(51-35(44)27-49-31-14-6-2-7-15-31)37(45)41(39)38(40(46)50-26-29-22-24-30(25-23-29)42(47)48)52(32-16-8-3-9-17-32,33-18-10-4-11-19-33)34-20-12-5-13-21-34/h2-25,36,39H,26-27H2,1H3. The highest BCUT2D eigenvalue weighted by molar-refractivity contribution is 8.14. The van der Waals surface area contributed by atoms with E-state index >= 15 is 0 Å². The summed E-state index contributed by atoms with van der Waals surface area (Å²) in [6, 6.07) is 42.1. The van der Waals surface area contributed by atoms with E-state index in [-0.39, 0.29) is 22.8 Å². The van der Waals surface area contributed by atoms with Gasteiger partial charge in [0.05, 0.1) is 4.92 Å². The van der Waals surface area contributed by atoms with Crippen molar-refractivity contribution < 1.29 is 38.3 Å². The molecule has 1 saturated heterocycles. The van der Waals surface area contributed by atoms with Gasteiger partial charge in [-0.15, -0.1) is 0 Å². The molecule has 0 saturated carbocycles. The first kappa shape index (κ1) is 36.8. The maximum atomic E-state index is 14.9. The average molecular weight is 749 g/mol. The number of nitro groups is 1. The number of hydrogen-bond acceptors (Lipinski definition) is 10. The summed E-state index contributed by atoms with van der Waals surface area (Å²) < 4.78 is 17.2. The minimum atomic E-state index is -3.35. The Labute approximate surface area is 309 Å². The average Bonchev–Trinajstić information content (AvgIpc) is 3.19. The number of nitro benzene ring substituents is 1. The van der Waals surface area contributed by atoms with Crippen LogP contribution in [0.1, 0.15) is 12.5 Å². The van der Waals surface area contributed by atoms with Crippen LogP contribution in [0, 0.1) is 10.1 Å². The molecule has 1 fully saturated rings. The van der Waals surface area contributed by atoms with Gasteiger partial charge in [-0.05, 0) is 45.7 Å². The number of thioether (sulfide) groups is 1. The summed E-state index contributed by atoms with van der Waals surface area (Å²) in [5.74, 6) is -1.98. The molecular formula is C40H33N2O9PS. The summed E-state index contributed by atoms with van der Waals surface area (Å²) >= 11 is 0.757. The summed E-state index contributed by atoms with van der Waals surface area (Å²) in [4.78, 5) is 67.1. The van der Waals surface area contributed by atoms with Crippen molar-refractivity contribution in [1.29, 1.82) is 0 Å². The molecule has 53 heavy (non-hydrogen) atoms. The summed E-state index contributed by atoms with van der Waals surface area (Å²) in [5.41, 5.74) is 0.320. The minimum absolute atomic E-state index is 0.0282. The van der Waals surface area contributed by atoms with Crippen molar-refractivity contribution in [2.45, 2.75) is 25.0 Å². The van der Waals surface area contributed by atoms with Crippen LogP contribution >= 0.6 is 18.6 Å². The Bertz CT molecular complexity index is 2070.